The monoisotopic (exact) mass is 537 g/mol. The molecule has 9 nitrogen and oxygen atoms in total. The van der Waals surface area contributed by atoms with Gasteiger partial charge in [0.1, 0.15) is 6.54 Å². The fourth-order valence-corrected chi connectivity index (χ4v) is 5.79. The second kappa shape index (κ2) is 12.0. The lowest BCUT2D eigenvalue weighted by molar-refractivity contribution is -0.128. The third-order valence-corrected chi connectivity index (χ3v) is 8.17. The highest BCUT2D eigenvalue weighted by molar-refractivity contribution is 7.92. The molecule has 1 fully saturated rings. The van der Waals surface area contributed by atoms with Crippen molar-refractivity contribution < 1.29 is 27.5 Å². The second-order valence-electron chi connectivity index (χ2n) is 8.83. The zero-order valence-corrected chi connectivity index (χ0v) is 22.2. The van der Waals surface area contributed by atoms with E-state index in [-0.39, 0.29) is 23.1 Å². The average Bonchev–Trinajstić information content (AvgIpc) is 3.35. The van der Waals surface area contributed by atoms with E-state index in [0.29, 0.717) is 24.4 Å². The van der Waals surface area contributed by atoms with E-state index in [1.165, 1.54) is 32.4 Å². The number of hydrogen-bond acceptors (Lipinski definition) is 6. The summed E-state index contributed by atoms with van der Waals surface area (Å²) in [7, 11) is -1.24. The number of sulfonamides is 1. The summed E-state index contributed by atoms with van der Waals surface area (Å²) >= 11 is 0. The van der Waals surface area contributed by atoms with Crippen LogP contribution in [0.3, 0.4) is 0 Å². The maximum atomic E-state index is 13.7. The van der Waals surface area contributed by atoms with Crippen molar-refractivity contribution in [3.8, 4) is 11.5 Å². The Labute approximate surface area is 223 Å². The number of rotatable bonds is 11. The van der Waals surface area contributed by atoms with Crippen LogP contribution < -0.4 is 19.1 Å². The molecule has 0 saturated carbocycles. The maximum absolute atomic E-state index is 13.7. The van der Waals surface area contributed by atoms with Crippen LogP contribution in [0.25, 0.3) is 0 Å². The van der Waals surface area contributed by atoms with Crippen LogP contribution in [-0.4, -0.2) is 52.4 Å². The van der Waals surface area contributed by atoms with Gasteiger partial charge in [0.2, 0.25) is 11.8 Å². The smallest absolute Gasteiger partial charge is 0.264 e. The van der Waals surface area contributed by atoms with Crippen LogP contribution in [0.15, 0.2) is 77.7 Å². The number of nitrogens with one attached hydrogen (secondary N) is 1. The molecule has 0 bridgehead atoms. The summed E-state index contributed by atoms with van der Waals surface area (Å²) < 4.78 is 39.0. The molecule has 200 valence electrons. The van der Waals surface area contributed by atoms with Crippen LogP contribution in [-0.2, 0) is 32.7 Å². The van der Waals surface area contributed by atoms with Crippen LogP contribution >= 0.6 is 0 Å². The molecule has 0 unspecified atom stereocenters. The quantitative estimate of drug-likeness (QED) is 0.402. The predicted octanol–water partition coefficient (Wildman–Crippen LogP) is 3.34. The number of hydrogen-bond donors (Lipinski definition) is 1. The Hall–Kier alpha value is -4.05. The van der Waals surface area contributed by atoms with Gasteiger partial charge >= 0.3 is 0 Å². The Kier molecular flexibility index (Phi) is 8.52. The molecule has 38 heavy (non-hydrogen) atoms. The molecule has 0 spiro atoms. The molecule has 1 saturated heterocycles. The molecule has 4 rings (SSSR count). The molecule has 0 aromatic heterocycles. The Balaban J connectivity index is 1.53. The third-order valence-electron chi connectivity index (χ3n) is 6.40. The molecule has 0 radical (unpaired) electrons. The molecule has 1 N–H and O–H groups in total. The Bertz CT molecular complexity index is 1390. The molecular weight excluding hydrogens is 506 g/mol. The number of methoxy groups -OCH3 is 2. The number of carbonyl (C=O) groups excluding carboxylic acids is 2. The fourth-order valence-electron chi connectivity index (χ4n) is 4.35. The summed E-state index contributed by atoms with van der Waals surface area (Å²) in [6.45, 7) is 0.984. The summed E-state index contributed by atoms with van der Waals surface area (Å²) in [6.07, 6.45) is 1.41. The zero-order chi connectivity index (χ0) is 27.1. The standard InChI is InChI=1S/C28H31N3O6S/c1-36-25-15-14-24(17-26(25)37-2)38(34,35)31(23-11-4-3-5-12-23)20-27(32)29-18-21-9-6-7-10-22(21)19-30-16-8-13-28(30)33/h3-7,9-12,14-15,17H,8,13,16,18-20H2,1-2H3,(H,29,32). The average molecular weight is 538 g/mol. The van der Waals surface area contributed by atoms with Gasteiger partial charge in [-0.3, -0.25) is 13.9 Å². The van der Waals surface area contributed by atoms with Gasteiger partial charge in [0.25, 0.3) is 10.0 Å². The summed E-state index contributed by atoms with van der Waals surface area (Å²) in [5.74, 6) is 0.316. The van der Waals surface area contributed by atoms with Gasteiger partial charge in [0.05, 0.1) is 24.8 Å². The van der Waals surface area contributed by atoms with Gasteiger partial charge in [-0.15, -0.1) is 0 Å². The first kappa shape index (κ1) is 27.0. The van der Waals surface area contributed by atoms with Crippen LogP contribution in [0.5, 0.6) is 11.5 Å². The van der Waals surface area contributed by atoms with E-state index < -0.39 is 22.5 Å². The number of nitrogens with zero attached hydrogens (tertiary/aromatic N) is 2. The summed E-state index contributed by atoms with van der Waals surface area (Å²) in [6, 6.07) is 20.4. The topological polar surface area (TPSA) is 105 Å². The number of ether oxygens (including phenoxy) is 2. The first-order chi connectivity index (χ1) is 18.3. The lowest BCUT2D eigenvalue weighted by Crippen LogP contribution is -2.40. The van der Waals surface area contributed by atoms with Crippen LogP contribution in [0.1, 0.15) is 24.0 Å². The molecule has 1 aliphatic heterocycles. The first-order valence-electron chi connectivity index (χ1n) is 12.2. The van der Waals surface area contributed by atoms with E-state index in [1.807, 2.05) is 29.2 Å². The Morgan fingerprint density at radius 1 is 0.947 bits per heavy atom. The SMILES string of the molecule is COc1ccc(S(=O)(=O)N(CC(=O)NCc2ccccc2CN2CCCC2=O)c2ccccc2)cc1OC. The number of para-hydroxylation sites is 1. The van der Waals surface area contributed by atoms with Crippen molar-refractivity contribution in [3.63, 3.8) is 0 Å². The molecule has 3 aromatic rings. The van der Waals surface area contributed by atoms with Crippen molar-refractivity contribution >= 4 is 27.5 Å². The summed E-state index contributed by atoms with van der Waals surface area (Å²) in [4.78, 5) is 26.9. The van der Waals surface area contributed by atoms with Gasteiger partial charge in [-0.05, 0) is 41.8 Å². The van der Waals surface area contributed by atoms with Gasteiger partial charge in [0.15, 0.2) is 11.5 Å². The molecule has 10 heteroatoms. The molecule has 1 aliphatic rings. The van der Waals surface area contributed by atoms with Crippen molar-refractivity contribution in [1.82, 2.24) is 10.2 Å². The van der Waals surface area contributed by atoms with Crippen molar-refractivity contribution in [2.45, 2.75) is 30.8 Å². The van der Waals surface area contributed by atoms with E-state index in [4.69, 9.17) is 9.47 Å². The van der Waals surface area contributed by atoms with Crippen molar-refractivity contribution in [2.75, 3.05) is 31.6 Å². The van der Waals surface area contributed by atoms with Gasteiger partial charge in [0, 0.05) is 32.1 Å². The normalized spacial score (nSPS) is 13.3. The fraction of sp³-hybridized carbons (Fsp3) is 0.286. The third kappa shape index (κ3) is 6.08. The van der Waals surface area contributed by atoms with Crippen molar-refractivity contribution in [2.24, 2.45) is 0 Å². The highest BCUT2D eigenvalue weighted by Crippen LogP contribution is 2.32. The number of carbonyl (C=O) groups is 2. The summed E-state index contributed by atoms with van der Waals surface area (Å²) in [5, 5.41) is 2.85. The van der Waals surface area contributed by atoms with E-state index in [1.54, 1.807) is 30.3 Å². The molecular formula is C28H31N3O6S. The van der Waals surface area contributed by atoms with Crippen molar-refractivity contribution in [1.29, 1.82) is 0 Å². The van der Waals surface area contributed by atoms with Crippen molar-refractivity contribution in [3.05, 3.63) is 83.9 Å². The van der Waals surface area contributed by atoms with Gasteiger partial charge in [-0.25, -0.2) is 8.42 Å². The Morgan fingerprint density at radius 2 is 1.63 bits per heavy atom. The minimum Gasteiger partial charge on any atom is -0.493 e. The maximum Gasteiger partial charge on any atom is 0.264 e. The van der Waals surface area contributed by atoms with Gasteiger partial charge < -0.3 is 19.7 Å². The number of benzene rings is 3. The minimum atomic E-state index is -4.13. The summed E-state index contributed by atoms with van der Waals surface area (Å²) in [5.41, 5.74) is 2.17. The van der Waals surface area contributed by atoms with Gasteiger partial charge in [-0.2, -0.15) is 0 Å². The predicted molar refractivity (Wildman–Crippen MR) is 143 cm³/mol. The second-order valence-corrected chi connectivity index (χ2v) is 10.7. The van der Waals surface area contributed by atoms with E-state index in [0.717, 1.165) is 28.4 Å². The zero-order valence-electron chi connectivity index (χ0n) is 21.4. The molecule has 0 atom stereocenters. The number of anilines is 1. The van der Waals surface area contributed by atoms with Crippen LogP contribution in [0.4, 0.5) is 5.69 Å². The molecule has 0 aliphatic carbocycles. The van der Waals surface area contributed by atoms with Crippen LogP contribution in [0.2, 0.25) is 0 Å². The van der Waals surface area contributed by atoms with Gasteiger partial charge in [-0.1, -0.05) is 42.5 Å². The first-order valence-corrected chi connectivity index (χ1v) is 13.7. The largest absolute Gasteiger partial charge is 0.493 e. The molecule has 1 heterocycles. The van der Waals surface area contributed by atoms with E-state index >= 15 is 0 Å². The van der Waals surface area contributed by atoms with E-state index in [2.05, 4.69) is 5.32 Å². The minimum absolute atomic E-state index is 0.0348. The molecule has 2 amide bonds. The highest BCUT2D eigenvalue weighted by Gasteiger charge is 2.28. The number of likely N-dealkylation sites (tertiary alicyclic amines) is 1. The highest BCUT2D eigenvalue weighted by atomic mass is 32.2. The van der Waals surface area contributed by atoms with Crippen LogP contribution in [0, 0.1) is 0 Å². The Morgan fingerprint density at radius 3 is 2.29 bits per heavy atom. The lowest BCUT2D eigenvalue weighted by atomic mass is 10.1. The molecule has 3 aromatic carbocycles. The number of amides is 2. The lowest BCUT2D eigenvalue weighted by Gasteiger charge is -2.24. The van der Waals surface area contributed by atoms with E-state index in [9.17, 15) is 18.0 Å².